The number of carbonyl (C=O) groups is 1. The van der Waals surface area contributed by atoms with Crippen LogP contribution in [0.1, 0.15) is 42.9 Å². The predicted octanol–water partition coefficient (Wildman–Crippen LogP) is 2.72. The topological polar surface area (TPSA) is 69.9 Å². The van der Waals surface area contributed by atoms with E-state index in [4.69, 9.17) is 4.74 Å². The molecule has 0 saturated carbocycles. The van der Waals surface area contributed by atoms with Gasteiger partial charge in [-0.15, -0.1) is 0 Å². The third-order valence-corrected chi connectivity index (χ3v) is 2.95. The predicted molar refractivity (Wildman–Crippen MR) is 76.9 cm³/mol. The molecule has 2 aromatic rings. The summed E-state index contributed by atoms with van der Waals surface area (Å²) in [5.41, 5.74) is 0.396. The lowest BCUT2D eigenvalue weighted by atomic mass is 10.2. The minimum absolute atomic E-state index is 0.200. The highest BCUT2D eigenvalue weighted by Crippen LogP contribution is 2.17. The number of nitrogens with zero attached hydrogens (tertiary/aromatic N) is 4. The van der Waals surface area contributed by atoms with E-state index in [-0.39, 0.29) is 5.92 Å². The number of ether oxygens (including phenoxy) is 1. The summed E-state index contributed by atoms with van der Waals surface area (Å²) in [4.78, 5) is 20.3. The largest absolute Gasteiger partial charge is 0.462 e. The second-order valence-corrected chi connectivity index (χ2v) is 5.27. The molecule has 0 spiro atoms. The fourth-order valence-corrected chi connectivity index (χ4v) is 1.95. The molecule has 0 aromatic carbocycles. The summed E-state index contributed by atoms with van der Waals surface area (Å²) in [6.45, 7) is 6.12. The molecule has 0 aliphatic heterocycles. The van der Waals surface area contributed by atoms with Gasteiger partial charge in [0.15, 0.2) is 5.82 Å². The zero-order valence-corrected chi connectivity index (χ0v) is 13.1. The monoisotopic (exact) mass is 338 g/mol. The highest BCUT2D eigenvalue weighted by atomic mass is 79.9. The van der Waals surface area contributed by atoms with Crippen molar-refractivity contribution in [2.75, 3.05) is 6.61 Å². The van der Waals surface area contributed by atoms with Gasteiger partial charge in [-0.25, -0.2) is 19.4 Å². The van der Waals surface area contributed by atoms with Crippen molar-refractivity contribution in [2.45, 2.75) is 26.7 Å². The summed E-state index contributed by atoms with van der Waals surface area (Å²) < 4.78 is 7.14. The first-order chi connectivity index (χ1) is 9.51. The zero-order valence-electron chi connectivity index (χ0n) is 11.5. The molecule has 6 nitrogen and oxygen atoms in total. The summed E-state index contributed by atoms with van der Waals surface area (Å²) in [6, 6.07) is 1.74. The second kappa shape index (κ2) is 6.13. The Morgan fingerprint density at radius 2 is 2.20 bits per heavy atom. The van der Waals surface area contributed by atoms with Crippen LogP contribution in [0.15, 0.2) is 23.1 Å². The average molecular weight is 339 g/mol. The molecule has 0 atom stereocenters. The maximum absolute atomic E-state index is 11.6. The van der Waals surface area contributed by atoms with Gasteiger partial charge in [0.1, 0.15) is 10.4 Å². The van der Waals surface area contributed by atoms with E-state index in [1.807, 2.05) is 13.8 Å². The van der Waals surface area contributed by atoms with Gasteiger partial charge in [0, 0.05) is 18.2 Å². The van der Waals surface area contributed by atoms with Gasteiger partial charge in [0.2, 0.25) is 0 Å². The average Bonchev–Trinajstić information content (AvgIpc) is 2.88. The van der Waals surface area contributed by atoms with Gasteiger partial charge in [0.05, 0.1) is 18.4 Å². The Balaban J connectivity index is 2.34. The number of carbonyl (C=O) groups excluding carboxylic acids is 1. The highest BCUT2D eigenvalue weighted by molar-refractivity contribution is 9.10. The molecular weight excluding hydrogens is 324 g/mol. The summed E-state index contributed by atoms with van der Waals surface area (Å²) in [5.74, 6) is 1.12. The van der Waals surface area contributed by atoms with E-state index >= 15 is 0 Å². The lowest BCUT2D eigenvalue weighted by Gasteiger charge is -2.07. The fourth-order valence-electron chi connectivity index (χ4n) is 1.57. The van der Waals surface area contributed by atoms with Crippen molar-refractivity contribution in [2.24, 2.45) is 0 Å². The molecular formula is C13H15BrN4O2. The van der Waals surface area contributed by atoms with Crippen LogP contribution in [0.25, 0.3) is 5.82 Å². The van der Waals surface area contributed by atoms with Crippen molar-refractivity contribution in [3.8, 4) is 5.82 Å². The molecule has 2 rings (SSSR count). The number of halogens is 1. The minimum atomic E-state index is -0.393. The Kier molecular flexibility index (Phi) is 4.49. The van der Waals surface area contributed by atoms with E-state index in [0.29, 0.717) is 28.4 Å². The Morgan fingerprint density at radius 1 is 1.45 bits per heavy atom. The van der Waals surface area contributed by atoms with Crippen LogP contribution < -0.4 is 0 Å². The van der Waals surface area contributed by atoms with Crippen LogP contribution in [0.4, 0.5) is 0 Å². The number of hydrogen-bond donors (Lipinski definition) is 0. The molecule has 0 aliphatic carbocycles. The maximum Gasteiger partial charge on any atom is 0.341 e. The van der Waals surface area contributed by atoms with Gasteiger partial charge in [-0.2, -0.15) is 5.10 Å². The molecule has 0 aliphatic rings. The third kappa shape index (κ3) is 3.22. The Morgan fingerprint density at radius 3 is 2.85 bits per heavy atom. The SMILES string of the molecule is CCOC(=O)c1cnn(-c2cc(Br)nc(C(C)C)n2)c1. The van der Waals surface area contributed by atoms with E-state index in [9.17, 15) is 4.79 Å². The summed E-state index contributed by atoms with van der Waals surface area (Å²) in [6.07, 6.45) is 3.06. The number of aromatic nitrogens is 4. The van der Waals surface area contributed by atoms with Gasteiger partial charge in [-0.05, 0) is 22.9 Å². The van der Waals surface area contributed by atoms with Crippen LogP contribution >= 0.6 is 15.9 Å². The first kappa shape index (κ1) is 14.6. The molecule has 0 N–H and O–H groups in total. The normalized spacial score (nSPS) is 10.8. The first-order valence-electron chi connectivity index (χ1n) is 6.28. The lowest BCUT2D eigenvalue weighted by molar-refractivity contribution is 0.0526. The molecule has 0 amide bonds. The van der Waals surface area contributed by atoms with Crippen molar-refractivity contribution in [3.05, 3.63) is 34.5 Å². The van der Waals surface area contributed by atoms with Crippen LogP contribution in [0.3, 0.4) is 0 Å². The first-order valence-corrected chi connectivity index (χ1v) is 7.07. The summed E-state index contributed by atoms with van der Waals surface area (Å²) in [7, 11) is 0. The van der Waals surface area contributed by atoms with Crippen LogP contribution in [-0.2, 0) is 4.74 Å². The molecule has 0 fully saturated rings. The quantitative estimate of drug-likeness (QED) is 0.633. The van der Waals surface area contributed by atoms with Crippen LogP contribution in [-0.4, -0.2) is 32.3 Å². The molecule has 0 radical (unpaired) electrons. The van der Waals surface area contributed by atoms with Gasteiger partial charge >= 0.3 is 5.97 Å². The van der Waals surface area contributed by atoms with Crippen LogP contribution in [0, 0.1) is 0 Å². The summed E-state index contributed by atoms with van der Waals surface area (Å²) in [5, 5.41) is 4.14. The summed E-state index contributed by atoms with van der Waals surface area (Å²) >= 11 is 3.36. The van der Waals surface area contributed by atoms with E-state index in [1.165, 1.54) is 10.9 Å². The van der Waals surface area contributed by atoms with Gasteiger partial charge < -0.3 is 4.74 Å². The minimum Gasteiger partial charge on any atom is -0.462 e. The van der Waals surface area contributed by atoms with Gasteiger partial charge in [-0.1, -0.05) is 13.8 Å². The smallest absolute Gasteiger partial charge is 0.341 e. The standard InChI is InChI=1S/C13H15BrN4O2/c1-4-20-13(19)9-6-15-18(7-9)11-5-10(14)16-12(17-11)8(2)3/h5-8H,4H2,1-3H3. The van der Waals surface area contributed by atoms with Gasteiger partial charge in [0.25, 0.3) is 0 Å². The van der Waals surface area contributed by atoms with Crippen LogP contribution in [0.5, 0.6) is 0 Å². The van der Waals surface area contributed by atoms with E-state index in [0.717, 1.165) is 0 Å². The second-order valence-electron chi connectivity index (χ2n) is 4.46. The number of rotatable bonds is 4. The van der Waals surface area contributed by atoms with Crippen molar-refractivity contribution >= 4 is 21.9 Å². The molecule has 20 heavy (non-hydrogen) atoms. The number of esters is 1. The third-order valence-electron chi connectivity index (χ3n) is 2.54. The van der Waals surface area contributed by atoms with E-state index in [1.54, 1.807) is 19.2 Å². The lowest BCUT2D eigenvalue weighted by Crippen LogP contribution is -2.06. The van der Waals surface area contributed by atoms with Crippen molar-refractivity contribution < 1.29 is 9.53 Å². The molecule has 2 aromatic heterocycles. The van der Waals surface area contributed by atoms with E-state index < -0.39 is 5.97 Å². The molecule has 7 heteroatoms. The van der Waals surface area contributed by atoms with Crippen molar-refractivity contribution in [3.63, 3.8) is 0 Å². The molecule has 106 valence electrons. The van der Waals surface area contributed by atoms with Crippen LogP contribution in [0.2, 0.25) is 0 Å². The maximum atomic E-state index is 11.6. The Labute approximate surface area is 125 Å². The van der Waals surface area contributed by atoms with Crippen molar-refractivity contribution in [1.29, 1.82) is 0 Å². The number of hydrogen-bond acceptors (Lipinski definition) is 5. The Hall–Kier alpha value is -1.76. The molecule has 0 unspecified atom stereocenters. The molecule has 0 saturated heterocycles. The van der Waals surface area contributed by atoms with Crippen molar-refractivity contribution in [1.82, 2.24) is 19.7 Å². The van der Waals surface area contributed by atoms with Gasteiger partial charge in [-0.3, -0.25) is 0 Å². The molecule has 0 bridgehead atoms. The highest BCUT2D eigenvalue weighted by Gasteiger charge is 2.13. The fraction of sp³-hybridized carbons (Fsp3) is 0.385. The molecule has 2 heterocycles. The van der Waals surface area contributed by atoms with E-state index in [2.05, 4.69) is 31.0 Å². The zero-order chi connectivity index (χ0) is 14.7. The Bertz CT molecular complexity index is 625.